The van der Waals surface area contributed by atoms with Gasteiger partial charge in [-0.15, -0.1) is 0 Å². The van der Waals surface area contributed by atoms with Crippen LogP contribution in [0.2, 0.25) is 0 Å². The lowest BCUT2D eigenvalue weighted by molar-refractivity contribution is -0.181. The van der Waals surface area contributed by atoms with Crippen LogP contribution in [-0.4, -0.2) is 59.0 Å². The number of esters is 3. The number of carboxylic acids is 1. The molecule has 11 heteroatoms. The summed E-state index contributed by atoms with van der Waals surface area (Å²) in [6.07, 6.45) is -0.125. The van der Waals surface area contributed by atoms with Gasteiger partial charge in [0.1, 0.15) is 5.76 Å². The van der Waals surface area contributed by atoms with Gasteiger partial charge < -0.3 is 33.9 Å². The average molecular weight is 593 g/mol. The van der Waals surface area contributed by atoms with E-state index < -0.39 is 59.6 Å². The molecular weight excluding hydrogens is 560 g/mol. The Balaban J connectivity index is 1.34. The largest absolute Gasteiger partial charge is 0.493 e. The highest BCUT2D eigenvalue weighted by molar-refractivity contribution is 5.87. The zero-order valence-electron chi connectivity index (χ0n) is 23.7. The van der Waals surface area contributed by atoms with Crippen molar-refractivity contribution in [2.45, 2.75) is 74.8 Å². The number of rotatable bonds is 9. The summed E-state index contributed by atoms with van der Waals surface area (Å²) in [4.78, 5) is 49.7. The van der Waals surface area contributed by atoms with Crippen LogP contribution in [0.25, 0.3) is 0 Å². The summed E-state index contributed by atoms with van der Waals surface area (Å²) in [6.45, 7) is 1.03. The number of benzene rings is 2. The number of carboxylic acid groups (broad SMARTS) is 1. The van der Waals surface area contributed by atoms with Crippen molar-refractivity contribution in [2.24, 2.45) is 5.92 Å². The molecule has 43 heavy (non-hydrogen) atoms. The quantitative estimate of drug-likeness (QED) is 0.326. The molecule has 0 radical (unpaired) electrons. The molecule has 2 aromatic carbocycles. The van der Waals surface area contributed by atoms with Crippen molar-refractivity contribution in [1.82, 2.24) is 0 Å². The second kappa shape index (κ2) is 10.7. The van der Waals surface area contributed by atoms with E-state index in [2.05, 4.69) is 0 Å². The first-order valence-corrected chi connectivity index (χ1v) is 14.2. The minimum Gasteiger partial charge on any atom is -0.493 e. The minimum atomic E-state index is -1.77. The summed E-state index contributed by atoms with van der Waals surface area (Å²) < 4.78 is 28.4. The van der Waals surface area contributed by atoms with Crippen LogP contribution in [0, 0.1) is 5.92 Å². The van der Waals surface area contributed by atoms with Gasteiger partial charge in [-0.2, -0.15) is 0 Å². The lowest BCUT2D eigenvalue weighted by atomic mass is 9.47. The molecule has 1 spiro atoms. The topological polar surface area (TPSA) is 155 Å². The molecule has 0 amide bonds. The predicted molar refractivity (Wildman–Crippen MR) is 147 cm³/mol. The smallest absolute Gasteiger partial charge is 0.357 e. The number of hydrogen-bond donors (Lipinski definition) is 2. The Morgan fingerprint density at radius 1 is 1.07 bits per heavy atom. The Kier molecular flexibility index (Phi) is 7.16. The average Bonchev–Trinajstić information content (AvgIpc) is 3.32. The molecule has 1 saturated carbocycles. The summed E-state index contributed by atoms with van der Waals surface area (Å²) in [5, 5.41) is 21.5. The van der Waals surface area contributed by atoms with Gasteiger partial charge in [0.2, 0.25) is 12.2 Å². The number of carbonyl (C=O) groups excluding carboxylic acids is 3. The summed E-state index contributed by atoms with van der Waals surface area (Å²) >= 11 is 0. The molecule has 0 saturated heterocycles. The van der Waals surface area contributed by atoms with Crippen LogP contribution in [0.1, 0.15) is 61.8 Å². The van der Waals surface area contributed by atoms with E-state index in [1.807, 2.05) is 12.1 Å². The maximum Gasteiger partial charge on any atom is 0.357 e. The number of ether oxygens (including phenoxy) is 5. The fourth-order valence-electron chi connectivity index (χ4n) is 7.46. The normalized spacial score (nSPS) is 27.4. The van der Waals surface area contributed by atoms with Gasteiger partial charge >= 0.3 is 23.9 Å². The van der Waals surface area contributed by atoms with Crippen LogP contribution < -0.4 is 9.47 Å². The van der Waals surface area contributed by atoms with E-state index in [4.69, 9.17) is 23.7 Å². The van der Waals surface area contributed by atoms with Gasteiger partial charge in [-0.05, 0) is 49.3 Å². The molecule has 0 unspecified atom stereocenters. The van der Waals surface area contributed by atoms with E-state index in [1.54, 1.807) is 43.5 Å². The van der Waals surface area contributed by atoms with E-state index in [0.29, 0.717) is 24.3 Å². The molecule has 6 atom stereocenters. The second-order valence-electron chi connectivity index (χ2n) is 11.5. The Morgan fingerprint density at radius 3 is 2.53 bits per heavy atom. The number of methoxy groups -OCH3 is 1. The Hall–Kier alpha value is -4.38. The molecule has 2 N–H and O–H groups in total. The highest BCUT2D eigenvalue weighted by atomic mass is 16.6. The van der Waals surface area contributed by atoms with Gasteiger partial charge in [0.15, 0.2) is 17.6 Å². The van der Waals surface area contributed by atoms with Crippen LogP contribution >= 0.6 is 0 Å². The van der Waals surface area contributed by atoms with Crippen molar-refractivity contribution in [3.8, 4) is 11.5 Å². The molecular formula is C32H32O11. The lowest BCUT2D eigenvalue weighted by Crippen LogP contribution is -2.67. The second-order valence-corrected chi connectivity index (χ2v) is 11.5. The third-order valence-electron chi connectivity index (χ3n) is 9.17. The monoisotopic (exact) mass is 592 g/mol. The predicted octanol–water partition coefficient (Wildman–Crippen LogP) is 3.30. The Labute approximate surface area is 247 Å². The van der Waals surface area contributed by atoms with Crippen molar-refractivity contribution in [3.63, 3.8) is 0 Å². The molecule has 6 rings (SSSR count). The number of carbonyl (C=O) groups is 4. The molecule has 226 valence electrons. The maximum absolute atomic E-state index is 13.8. The van der Waals surface area contributed by atoms with Crippen LogP contribution in [0.3, 0.4) is 0 Å². The van der Waals surface area contributed by atoms with E-state index in [0.717, 1.165) is 30.9 Å². The highest BCUT2D eigenvalue weighted by Gasteiger charge is 2.71. The number of aliphatic hydroxyl groups is 1. The fourth-order valence-corrected chi connectivity index (χ4v) is 7.46. The van der Waals surface area contributed by atoms with E-state index in [-0.39, 0.29) is 23.7 Å². The molecule has 4 aliphatic rings. The van der Waals surface area contributed by atoms with E-state index in [9.17, 15) is 29.4 Å². The minimum absolute atomic E-state index is 0.00170. The van der Waals surface area contributed by atoms with Crippen LogP contribution in [-0.2, 0) is 45.2 Å². The molecule has 3 aliphatic carbocycles. The Morgan fingerprint density at radius 2 is 1.84 bits per heavy atom. The third-order valence-corrected chi connectivity index (χ3v) is 9.17. The van der Waals surface area contributed by atoms with Gasteiger partial charge in [0.05, 0.1) is 24.5 Å². The van der Waals surface area contributed by atoms with Gasteiger partial charge in [-0.1, -0.05) is 42.8 Å². The van der Waals surface area contributed by atoms with E-state index >= 15 is 0 Å². The SMILES string of the molecule is COc1ccc2c3c1O[C@@H]1C(OC(=O)[C@@H](OC(=O)[C@H](CC(=O)O)OC(C)=O)c4ccccc4)=CC[C@]4(O)[C@@H](CCC[C@@]314)C2. The molecule has 11 nitrogen and oxygen atoms in total. The van der Waals surface area contributed by atoms with Gasteiger partial charge in [0.25, 0.3) is 0 Å². The molecule has 2 aromatic rings. The van der Waals surface area contributed by atoms with E-state index in [1.165, 1.54) is 0 Å². The van der Waals surface area contributed by atoms with Crippen molar-refractivity contribution < 1.29 is 53.1 Å². The standard InChI is InChI=1S/C32H32O11/c1-17(33)40-23(16-24(34)35)29(36)43-26(18-7-4-3-5-8-18)30(37)41-22-12-14-32(38)20-9-6-13-31(32)25-19(15-20)10-11-21(39-2)27(25)42-28(22)31/h3-5,7-8,10-12,20,23,26,28,38H,6,9,13-16H2,1-2H3,(H,34,35)/t20-,23-,26-,28+,31+,32-/m0/s1. The van der Waals surface area contributed by atoms with Crippen molar-refractivity contribution in [2.75, 3.05) is 7.11 Å². The number of aliphatic carboxylic acids is 1. The number of hydrogen-bond acceptors (Lipinski definition) is 10. The first-order valence-electron chi connectivity index (χ1n) is 14.2. The zero-order valence-corrected chi connectivity index (χ0v) is 23.7. The zero-order chi connectivity index (χ0) is 30.5. The van der Waals surface area contributed by atoms with Crippen molar-refractivity contribution in [1.29, 1.82) is 0 Å². The fraction of sp³-hybridized carbons (Fsp3) is 0.438. The summed E-state index contributed by atoms with van der Waals surface area (Å²) in [7, 11) is 1.54. The third kappa shape index (κ3) is 4.53. The first kappa shape index (κ1) is 28.7. The first-order chi connectivity index (χ1) is 20.6. The molecule has 2 bridgehead atoms. The van der Waals surface area contributed by atoms with Crippen LogP contribution in [0.15, 0.2) is 54.3 Å². The van der Waals surface area contributed by atoms with Crippen molar-refractivity contribution >= 4 is 23.9 Å². The lowest BCUT2D eigenvalue weighted by Gasteiger charge is -2.59. The van der Waals surface area contributed by atoms with Gasteiger partial charge in [-0.25, -0.2) is 9.59 Å². The van der Waals surface area contributed by atoms with Crippen LogP contribution in [0.5, 0.6) is 11.5 Å². The van der Waals surface area contributed by atoms with Crippen molar-refractivity contribution in [3.05, 3.63) is 71.0 Å². The molecule has 1 fully saturated rings. The molecule has 1 aliphatic heterocycles. The summed E-state index contributed by atoms with van der Waals surface area (Å²) in [5.74, 6) is -3.23. The molecule has 1 heterocycles. The highest BCUT2D eigenvalue weighted by Crippen LogP contribution is 2.67. The van der Waals surface area contributed by atoms with Crippen LogP contribution in [0.4, 0.5) is 0 Å². The summed E-state index contributed by atoms with van der Waals surface area (Å²) in [6, 6.07) is 11.9. The summed E-state index contributed by atoms with van der Waals surface area (Å²) in [5.41, 5.74) is 0.250. The molecule has 0 aromatic heterocycles. The van der Waals surface area contributed by atoms with Gasteiger partial charge in [0, 0.05) is 18.1 Å². The maximum atomic E-state index is 13.8. The Bertz CT molecular complexity index is 1500. The van der Waals surface area contributed by atoms with Gasteiger partial charge in [-0.3, -0.25) is 9.59 Å².